The van der Waals surface area contributed by atoms with E-state index in [1.165, 1.54) is 6.07 Å². The van der Waals surface area contributed by atoms with E-state index in [4.69, 9.17) is 4.74 Å². The minimum absolute atomic E-state index is 0.0988. The first-order valence-corrected chi connectivity index (χ1v) is 8.05. The van der Waals surface area contributed by atoms with Crippen molar-refractivity contribution in [2.24, 2.45) is 4.99 Å². The molecule has 0 amide bonds. The molecule has 7 nitrogen and oxygen atoms in total. The molecule has 0 aliphatic rings. The van der Waals surface area contributed by atoms with Gasteiger partial charge in [-0.1, -0.05) is 36.4 Å². The first-order valence-electron chi connectivity index (χ1n) is 8.05. The van der Waals surface area contributed by atoms with Crippen molar-refractivity contribution in [3.05, 3.63) is 70.3 Å². The van der Waals surface area contributed by atoms with E-state index in [-0.39, 0.29) is 10.6 Å². The van der Waals surface area contributed by atoms with Gasteiger partial charge in [0.05, 0.1) is 11.5 Å². The van der Waals surface area contributed by atoms with Crippen LogP contribution < -0.4 is 15.4 Å². The fourth-order valence-electron chi connectivity index (χ4n) is 2.22. The maximum atomic E-state index is 11.0. The number of nitro benzene ring substituents is 1. The second-order valence-electron chi connectivity index (χ2n) is 5.25. The highest BCUT2D eigenvalue weighted by atomic mass is 16.6. The Morgan fingerprint density at radius 2 is 1.84 bits per heavy atom. The average Bonchev–Trinajstić information content (AvgIpc) is 2.65. The first-order chi connectivity index (χ1) is 12.2. The zero-order chi connectivity index (χ0) is 17.9. The number of hydrogen-bond donors (Lipinski definition) is 2. The lowest BCUT2D eigenvalue weighted by Crippen LogP contribution is -2.37. The van der Waals surface area contributed by atoms with Gasteiger partial charge in [-0.3, -0.25) is 15.1 Å². The summed E-state index contributed by atoms with van der Waals surface area (Å²) < 4.78 is 5.62. The Morgan fingerprint density at radius 1 is 1.12 bits per heavy atom. The van der Waals surface area contributed by atoms with E-state index in [1.807, 2.05) is 30.3 Å². The Kier molecular flexibility index (Phi) is 7.24. The molecule has 0 aliphatic heterocycles. The van der Waals surface area contributed by atoms with Crippen molar-refractivity contribution in [2.45, 2.75) is 13.0 Å². The third-order valence-electron chi connectivity index (χ3n) is 3.48. The van der Waals surface area contributed by atoms with Crippen molar-refractivity contribution in [1.82, 2.24) is 10.6 Å². The van der Waals surface area contributed by atoms with Gasteiger partial charge >= 0.3 is 0 Å². The third-order valence-corrected chi connectivity index (χ3v) is 3.48. The van der Waals surface area contributed by atoms with Gasteiger partial charge in [0.15, 0.2) is 5.96 Å². The minimum atomic E-state index is -0.381. The Bertz CT molecular complexity index is 704. The van der Waals surface area contributed by atoms with Crippen LogP contribution in [-0.2, 0) is 6.54 Å². The highest BCUT2D eigenvalue weighted by Crippen LogP contribution is 2.16. The van der Waals surface area contributed by atoms with Crippen LogP contribution >= 0.6 is 0 Å². The van der Waals surface area contributed by atoms with Crippen LogP contribution in [0.15, 0.2) is 59.6 Å². The summed E-state index contributed by atoms with van der Waals surface area (Å²) in [5.74, 6) is 1.44. The summed E-state index contributed by atoms with van der Waals surface area (Å²) in [6, 6.07) is 16.3. The summed E-state index contributed by atoms with van der Waals surface area (Å²) in [6.45, 7) is 1.61. The van der Waals surface area contributed by atoms with Crippen LogP contribution in [0.4, 0.5) is 5.69 Å². The number of nitro groups is 1. The van der Waals surface area contributed by atoms with E-state index in [2.05, 4.69) is 15.6 Å². The predicted molar refractivity (Wildman–Crippen MR) is 97.9 cm³/mol. The zero-order valence-electron chi connectivity index (χ0n) is 14.1. The highest BCUT2D eigenvalue weighted by molar-refractivity contribution is 5.79. The molecule has 0 aliphatic carbocycles. The monoisotopic (exact) mass is 342 g/mol. The molecule has 2 aromatic carbocycles. The fourth-order valence-corrected chi connectivity index (χ4v) is 2.22. The van der Waals surface area contributed by atoms with Gasteiger partial charge < -0.3 is 15.4 Å². The smallest absolute Gasteiger partial charge is 0.274 e. The molecule has 0 atom stereocenters. The molecular weight excluding hydrogens is 320 g/mol. The van der Waals surface area contributed by atoms with E-state index < -0.39 is 0 Å². The van der Waals surface area contributed by atoms with Crippen molar-refractivity contribution in [2.75, 3.05) is 20.2 Å². The van der Waals surface area contributed by atoms with Crippen molar-refractivity contribution < 1.29 is 9.66 Å². The summed E-state index contributed by atoms with van der Waals surface area (Å²) in [4.78, 5) is 14.8. The summed E-state index contributed by atoms with van der Waals surface area (Å²) >= 11 is 0. The molecule has 0 spiro atoms. The molecule has 0 unspecified atom stereocenters. The molecule has 2 rings (SSSR count). The van der Waals surface area contributed by atoms with Crippen LogP contribution in [0.1, 0.15) is 12.0 Å². The van der Waals surface area contributed by atoms with Gasteiger partial charge in [0.25, 0.3) is 5.69 Å². The van der Waals surface area contributed by atoms with Crippen LogP contribution in [0.5, 0.6) is 5.75 Å². The molecule has 2 N–H and O–H groups in total. The summed E-state index contributed by atoms with van der Waals surface area (Å²) in [6.07, 6.45) is 0.807. The van der Waals surface area contributed by atoms with E-state index in [9.17, 15) is 10.1 Å². The number of nitrogens with zero attached hydrogens (tertiary/aromatic N) is 2. The quantitative estimate of drug-likeness (QED) is 0.253. The number of nitrogens with one attached hydrogen (secondary N) is 2. The van der Waals surface area contributed by atoms with Crippen LogP contribution in [0.2, 0.25) is 0 Å². The summed E-state index contributed by atoms with van der Waals surface area (Å²) in [5, 5.41) is 17.3. The van der Waals surface area contributed by atoms with Crippen LogP contribution in [0.3, 0.4) is 0 Å². The Morgan fingerprint density at radius 3 is 2.56 bits per heavy atom. The van der Waals surface area contributed by atoms with Crippen molar-refractivity contribution in [1.29, 1.82) is 0 Å². The number of ether oxygens (including phenoxy) is 1. The fraction of sp³-hybridized carbons (Fsp3) is 0.278. The molecule has 2 aromatic rings. The molecule has 0 bridgehead atoms. The second kappa shape index (κ2) is 9.92. The average molecular weight is 342 g/mol. The zero-order valence-corrected chi connectivity index (χ0v) is 14.1. The van der Waals surface area contributed by atoms with Crippen LogP contribution in [-0.4, -0.2) is 31.1 Å². The molecule has 0 radical (unpaired) electrons. The lowest BCUT2D eigenvalue weighted by atomic mass is 10.2. The Balaban J connectivity index is 1.71. The van der Waals surface area contributed by atoms with Crippen LogP contribution in [0, 0.1) is 10.1 Å². The van der Waals surface area contributed by atoms with Crippen LogP contribution in [0.25, 0.3) is 0 Å². The standard InChI is InChI=1S/C18H22N4O3/c1-19-18(20-12-7-13-25-16-9-3-2-4-10-16)21-14-15-8-5-6-11-17(15)22(23)24/h2-6,8-11H,7,12-14H2,1H3,(H2,19,20,21). The van der Waals surface area contributed by atoms with Gasteiger partial charge in [0.2, 0.25) is 0 Å². The third kappa shape index (κ3) is 6.14. The number of para-hydroxylation sites is 2. The number of rotatable bonds is 8. The lowest BCUT2D eigenvalue weighted by Gasteiger charge is -2.12. The molecule has 0 heterocycles. The van der Waals surface area contributed by atoms with E-state index in [0.717, 1.165) is 12.2 Å². The molecule has 0 saturated heterocycles. The summed E-state index contributed by atoms with van der Waals surface area (Å²) in [7, 11) is 1.66. The molecular formula is C18H22N4O3. The van der Waals surface area contributed by atoms with E-state index in [1.54, 1.807) is 25.2 Å². The molecule has 7 heteroatoms. The normalized spacial score (nSPS) is 11.0. The number of benzene rings is 2. The van der Waals surface area contributed by atoms with Crippen molar-refractivity contribution >= 4 is 11.6 Å². The molecule has 0 aromatic heterocycles. The Hall–Kier alpha value is -3.09. The first kappa shape index (κ1) is 18.3. The lowest BCUT2D eigenvalue weighted by molar-refractivity contribution is -0.385. The molecule has 0 saturated carbocycles. The SMILES string of the molecule is CN=C(NCCCOc1ccccc1)NCc1ccccc1[N+](=O)[O-]. The number of hydrogen-bond acceptors (Lipinski definition) is 4. The highest BCUT2D eigenvalue weighted by Gasteiger charge is 2.12. The topological polar surface area (TPSA) is 88.8 Å². The number of guanidine groups is 1. The molecule has 0 fully saturated rings. The van der Waals surface area contributed by atoms with Gasteiger partial charge in [-0.2, -0.15) is 0 Å². The van der Waals surface area contributed by atoms with Gasteiger partial charge in [0, 0.05) is 31.8 Å². The van der Waals surface area contributed by atoms with Gasteiger partial charge in [-0.25, -0.2) is 0 Å². The largest absolute Gasteiger partial charge is 0.494 e. The number of aliphatic imine (C=N–C) groups is 1. The predicted octanol–water partition coefficient (Wildman–Crippen LogP) is 2.73. The van der Waals surface area contributed by atoms with Crippen molar-refractivity contribution in [3.63, 3.8) is 0 Å². The molecule has 132 valence electrons. The summed E-state index contributed by atoms with van der Waals surface area (Å²) in [5.41, 5.74) is 0.713. The molecule has 25 heavy (non-hydrogen) atoms. The maximum absolute atomic E-state index is 11.0. The maximum Gasteiger partial charge on any atom is 0.274 e. The van der Waals surface area contributed by atoms with Gasteiger partial charge in [-0.05, 0) is 18.6 Å². The Labute approximate surface area is 146 Å². The minimum Gasteiger partial charge on any atom is -0.494 e. The van der Waals surface area contributed by atoms with Crippen molar-refractivity contribution in [3.8, 4) is 5.75 Å². The van der Waals surface area contributed by atoms with Gasteiger partial charge in [-0.15, -0.1) is 0 Å². The second-order valence-corrected chi connectivity index (χ2v) is 5.25. The van der Waals surface area contributed by atoms with Gasteiger partial charge in [0.1, 0.15) is 5.75 Å². The van der Waals surface area contributed by atoms with E-state index >= 15 is 0 Å². The van der Waals surface area contributed by atoms with E-state index in [0.29, 0.717) is 31.2 Å².